The number of nitrogens with two attached hydrogens (primary N) is 2. The molecule has 0 aliphatic heterocycles. The van der Waals surface area contributed by atoms with Crippen LogP contribution in [0.5, 0.6) is 0 Å². The number of hydrogen-bond donors (Lipinski definition) is 2. The highest BCUT2D eigenvalue weighted by Gasteiger charge is 2.06. The fourth-order valence-electron chi connectivity index (χ4n) is 2.71. The summed E-state index contributed by atoms with van der Waals surface area (Å²) in [6, 6.07) is 16.0. The van der Waals surface area contributed by atoms with Crippen molar-refractivity contribution in [2.45, 2.75) is 12.8 Å². The van der Waals surface area contributed by atoms with Gasteiger partial charge in [0, 0.05) is 11.4 Å². The van der Waals surface area contributed by atoms with Gasteiger partial charge in [0.1, 0.15) is 0 Å². The highest BCUT2D eigenvalue weighted by Crippen LogP contribution is 2.26. The molecule has 22 heavy (non-hydrogen) atoms. The van der Waals surface area contributed by atoms with E-state index in [0.29, 0.717) is 0 Å². The van der Waals surface area contributed by atoms with Crippen LogP contribution in [0.25, 0.3) is 12.2 Å². The summed E-state index contributed by atoms with van der Waals surface area (Å²) >= 11 is 0. The normalized spacial score (nSPS) is 18.0. The van der Waals surface area contributed by atoms with E-state index in [9.17, 15) is 0 Å². The SMILES string of the molecule is Nc1cccc(C=C2C=CCC(=Cc3cccc(N)c3)C2)c1. The second-order valence-electron chi connectivity index (χ2n) is 5.65. The minimum Gasteiger partial charge on any atom is -0.399 e. The molecule has 2 aromatic carbocycles. The standard InChI is InChI=1S/C20H20N2/c21-19-8-2-6-17(13-19)11-15-4-1-5-16(10-15)12-18-7-3-9-20(22)14-18/h1-4,6-9,11-14H,5,10,21-22H2. The van der Waals surface area contributed by atoms with Crippen LogP contribution in [-0.4, -0.2) is 0 Å². The molecule has 0 amide bonds. The van der Waals surface area contributed by atoms with E-state index in [4.69, 9.17) is 11.5 Å². The van der Waals surface area contributed by atoms with Gasteiger partial charge in [-0.2, -0.15) is 0 Å². The van der Waals surface area contributed by atoms with Gasteiger partial charge in [0.15, 0.2) is 0 Å². The molecule has 3 rings (SSSR count). The zero-order valence-corrected chi connectivity index (χ0v) is 12.5. The molecule has 1 aliphatic carbocycles. The average molecular weight is 288 g/mol. The van der Waals surface area contributed by atoms with Crippen molar-refractivity contribution in [1.29, 1.82) is 0 Å². The lowest BCUT2D eigenvalue weighted by Crippen LogP contribution is -1.93. The zero-order valence-electron chi connectivity index (χ0n) is 12.5. The summed E-state index contributed by atoms with van der Waals surface area (Å²) in [4.78, 5) is 0. The smallest absolute Gasteiger partial charge is 0.0319 e. The number of nitrogen functional groups attached to an aromatic ring is 2. The highest BCUT2D eigenvalue weighted by molar-refractivity contribution is 5.64. The maximum absolute atomic E-state index is 5.84. The van der Waals surface area contributed by atoms with Gasteiger partial charge in [0.05, 0.1) is 0 Å². The van der Waals surface area contributed by atoms with Gasteiger partial charge in [0.25, 0.3) is 0 Å². The summed E-state index contributed by atoms with van der Waals surface area (Å²) in [5, 5.41) is 0. The van der Waals surface area contributed by atoms with Gasteiger partial charge in [-0.1, -0.05) is 54.1 Å². The number of allylic oxidation sites excluding steroid dienone is 4. The van der Waals surface area contributed by atoms with Gasteiger partial charge in [-0.15, -0.1) is 0 Å². The van der Waals surface area contributed by atoms with Crippen LogP contribution in [0, 0.1) is 0 Å². The van der Waals surface area contributed by atoms with Crippen molar-refractivity contribution in [3.8, 4) is 0 Å². The molecule has 0 unspecified atom stereocenters. The van der Waals surface area contributed by atoms with Crippen LogP contribution in [0.1, 0.15) is 24.0 Å². The Labute approximate surface area is 131 Å². The van der Waals surface area contributed by atoms with Crippen molar-refractivity contribution >= 4 is 23.5 Å². The Balaban J connectivity index is 1.82. The molecule has 0 fully saturated rings. The monoisotopic (exact) mass is 288 g/mol. The molecule has 1 aliphatic rings. The summed E-state index contributed by atoms with van der Waals surface area (Å²) in [5.41, 5.74) is 18.3. The molecule has 0 saturated heterocycles. The van der Waals surface area contributed by atoms with Crippen molar-refractivity contribution in [1.82, 2.24) is 0 Å². The lowest BCUT2D eigenvalue weighted by atomic mass is 9.93. The molecule has 0 heterocycles. The predicted octanol–water partition coefficient (Wildman–Crippen LogP) is 4.67. The average Bonchev–Trinajstić information content (AvgIpc) is 2.47. The first-order chi connectivity index (χ1) is 10.7. The second-order valence-corrected chi connectivity index (χ2v) is 5.65. The van der Waals surface area contributed by atoms with E-state index in [1.807, 2.05) is 36.4 Å². The summed E-state index contributed by atoms with van der Waals surface area (Å²) in [6.07, 6.45) is 10.8. The lowest BCUT2D eigenvalue weighted by molar-refractivity contribution is 1.05. The zero-order chi connectivity index (χ0) is 15.4. The molecule has 2 aromatic rings. The summed E-state index contributed by atoms with van der Waals surface area (Å²) in [7, 11) is 0. The van der Waals surface area contributed by atoms with Crippen molar-refractivity contribution in [3.05, 3.63) is 83.0 Å². The van der Waals surface area contributed by atoms with E-state index in [0.717, 1.165) is 35.3 Å². The Morgan fingerprint density at radius 1 is 0.818 bits per heavy atom. The van der Waals surface area contributed by atoms with Gasteiger partial charge in [-0.25, -0.2) is 0 Å². The van der Waals surface area contributed by atoms with Gasteiger partial charge in [0.2, 0.25) is 0 Å². The van der Waals surface area contributed by atoms with Gasteiger partial charge >= 0.3 is 0 Å². The largest absolute Gasteiger partial charge is 0.399 e. The minimum absolute atomic E-state index is 0.796. The van der Waals surface area contributed by atoms with E-state index in [2.05, 4.69) is 36.4 Å². The maximum atomic E-state index is 5.84. The van der Waals surface area contributed by atoms with E-state index in [-0.39, 0.29) is 0 Å². The maximum Gasteiger partial charge on any atom is 0.0319 e. The predicted molar refractivity (Wildman–Crippen MR) is 96.0 cm³/mol. The fourth-order valence-corrected chi connectivity index (χ4v) is 2.71. The Morgan fingerprint density at radius 3 is 2.09 bits per heavy atom. The summed E-state index contributed by atoms with van der Waals surface area (Å²) < 4.78 is 0. The number of anilines is 2. The summed E-state index contributed by atoms with van der Waals surface area (Å²) in [5.74, 6) is 0. The number of rotatable bonds is 2. The van der Waals surface area contributed by atoms with E-state index in [1.165, 1.54) is 11.1 Å². The lowest BCUT2D eigenvalue weighted by Gasteiger charge is -2.12. The van der Waals surface area contributed by atoms with Crippen LogP contribution in [0.2, 0.25) is 0 Å². The van der Waals surface area contributed by atoms with Crippen molar-refractivity contribution in [2.75, 3.05) is 11.5 Å². The molecule has 0 radical (unpaired) electrons. The first kappa shape index (κ1) is 14.2. The third-order valence-corrected chi connectivity index (χ3v) is 3.69. The molecule has 2 heteroatoms. The van der Waals surface area contributed by atoms with Crippen molar-refractivity contribution in [2.24, 2.45) is 0 Å². The first-order valence-electron chi connectivity index (χ1n) is 7.47. The molecule has 4 N–H and O–H groups in total. The Morgan fingerprint density at radius 2 is 1.45 bits per heavy atom. The topological polar surface area (TPSA) is 52.0 Å². The molecule has 0 atom stereocenters. The Kier molecular flexibility index (Phi) is 4.10. The Hall–Kier alpha value is -2.74. The van der Waals surface area contributed by atoms with Crippen LogP contribution < -0.4 is 11.5 Å². The van der Waals surface area contributed by atoms with Crippen molar-refractivity contribution < 1.29 is 0 Å². The van der Waals surface area contributed by atoms with Crippen LogP contribution in [0.4, 0.5) is 11.4 Å². The molecular weight excluding hydrogens is 268 g/mol. The molecule has 2 nitrogen and oxygen atoms in total. The van der Waals surface area contributed by atoms with Crippen LogP contribution >= 0.6 is 0 Å². The number of benzene rings is 2. The summed E-state index contributed by atoms with van der Waals surface area (Å²) in [6.45, 7) is 0. The van der Waals surface area contributed by atoms with Crippen LogP contribution in [0.15, 0.2) is 71.8 Å². The number of hydrogen-bond acceptors (Lipinski definition) is 2. The van der Waals surface area contributed by atoms with Gasteiger partial charge in [-0.05, 0) is 53.8 Å². The van der Waals surface area contributed by atoms with Crippen LogP contribution in [-0.2, 0) is 0 Å². The van der Waals surface area contributed by atoms with E-state index < -0.39 is 0 Å². The molecule has 0 aromatic heterocycles. The van der Waals surface area contributed by atoms with Crippen LogP contribution in [0.3, 0.4) is 0 Å². The van der Waals surface area contributed by atoms with E-state index in [1.54, 1.807) is 0 Å². The fraction of sp³-hybridized carbons (Fsp3) is 0.100. The minimum atomic E-state index is 0.796. The van der Waals surface area contributed by atoms with Gasteiger partial charge < -0.3 is 11.5 Å². The molecule has 0 bridgehead atoms. The Bertz CT molecular complexity index is 767. The molecule has 0 saturated carbocycles. The molecule has 0 spiro atoms. The highest BCUT2D eigenvalue weighted by atomic mass is 14.5. The third kappa shape index (κ3) is 3.67. The van der Waals surface area contributed by atoms with Crippen molar-refractivity contribution in [3.63, 3.8) is 0 Å². The molecular formula is C20H20N2. The third-order valence-electron chi connectivity index (χ3n) is 3.69. The molecule has 110 valence electrons. The second kappa shape index (κ2) is 6.35. The van der Waals surface area contributed by atoms with E-state index >= 15 is 0 Å². The van der Waals surface area contributed by atoms with Gasteiger partial charge in [-0.3, -0.25) is 0 Å². The quantitative estimate of drug-likeness (QED) is 0.789. The first-order valence-corrected chi connectivity index (χ1v) is 7.47.